The molecule has 2 fully saturated rings. The summed E-state index contributed by atoms with van der Waals surface area (Å²) in [5, 5.41) is 14.1. The number of hydrogen-bond donors (Lipinski definition) is 1. The first-order valence-electron chi connectivity index (χ1n) is 8.70. The largest absolute Gasteiger partial charge is 0.427 e. The third-order valence-corrected chi connectivity index (χ3v) is 4.90. The summed E-state index contributed by atoms with van der Waals surface area (Å²) < 4.78 is 29.2. The lowest BCUT2D eigenvalue weighted by Gasteiger charge is -2.34. The van der Waals surface area contributed by atoms with Crippen molar-refractivity contribution in [3.05, 3.63) is 28.3 Å². The highest BCUT2D eigenvalue weighted by Gasteiger charge is 2.36. The summed E-state index contributed by atoms with van der Waals surface area (Å²) in [7, 11) is 0. The summed E-state index contributed by atoms with van der Waals surface area (Å²) in [5.74, 6) is -0.747. The Bertz CT molecular complexity index is 734. The van der Waals surface area contributed by atoms with Crippen LogP contribution in [-0.4, -0.2) is 40.3 Å². The molecular formula is C17H19F2N3O5. The van der Waals surface area contributed by atoms with E-state index in [0.717, 1.165) is 6.07 Å². The molecule has 146 valence electrons. The number of carbonyl (C=O) groups is 2. The van der Waals surface area contributed by atoms with Crippen LogP contribution in [0.5, 0.6) is 5.75 Å². The Morgan fingerprint density at radius 1 is 1.15 bits per heavy atom. The zero-order chi connectivity index (χ0) is 19.6. The third kappa shape index (κ3) is 4.32. The summed E-state index contributed by atoms with van der Waals surface area (Å²) >= 11 is 0. The Kier molecular flexibility index (Phi) is 5.52. The van der Waals surface area contributed by atoms with Crippen molar-refractivity contribution in [2.24, 2.45) is 0 Å². The van der Waals surface area contributed by atoms with Crippen LogP contribution < -0.4 is 10.1 Å². The maximum absolute atomic E-state index is 12.5. The summed E-state index contributed by atoms with van der Waals surface area (Å²) in [4.78, 5) is 35.2. The number of nitrogens with one attached hydrogen (secondary N) is 1. The zero-order valence-corrected chi connectivity index (χ0v) is 14.4. The van der Waals surface area contributed by atoms with E-state index in [1.165, 1.54) is 17.0 Å². The number of likely N-dealkylation sites (tertiary alicyclic amines) is 1. The molecule has 0 bridgehead atoms. The molecule has 0 atom stereocenters. The van der Waals surface area contributed by atoms with Gasteiger partial charge in [0.05, 0.1) is 4.92 Å². The van der Waals surface area contributed by atoms with Crippen LogP contribution in [0.3, 0.4) is 0 Å². The molecule has 27 heavy (non-hydrogen) atoms. The molecule has 10 heteroatoms. The Morgan fingerprint density at radius 2 is 1.78 bits per heavy atom. The monoisotopic (exact) mass is 383 g/mol. The summed E-state index contributed by atoms with van der Waals surface area (Å²) in [6.45, 7) is -3.16. The number of rotatable bonds is 6. The standard InChI is InChI=1S/C17H19F2N3O5/c18-17(19)27-14-9-11(3-6-13(14)22(25)26)20-10-1-4-12(5-2-10)21-15(23)7-8-16(21)24/h3,6,9-10,12,17,20H,1-2,4-5,7-8H2. The summed E-state index contributed by atoms with van der Waals surface area (Å²) in [6.07, 6.45) is 3.22. The number of amides is 2. The van der Waals surface area contributed by atoms with Gasteiger partial charge in [-0.25, -0.2) is 0 Å². The zero-order valence-electron chi connectivity index (χ0n) is 14.4. The van der Waals surface area contributed by atoms with Gasteiger partial charge in [-0.3, -0.25) is 24.6 Å². The molecule has 1 saturated heterocycles. The van der Waals surface area contributed by atoms with Gasteiger partial charge in [-0.05, 0) is 31.7 Å². The number of benzene rings is 1. The van der Waals surface area contributed by atoms with E-state index in [1.54, 1.807) is 0 Å². The van der Waals surface area contributed by atoms with Gasteiger partial charge >= 0.3 is 12.3 Å². The SMILES string of the molecule is O=C1CCC(=O)N1C1CCC(Nc2ccc([N+](=O)[O-])c(OC(F)F)c2)CC1. The molecule has 0 radical (unpaired) electrons. The van der Waals surface area contributed by atoms with Crippen LogP contribution in [0, 0.1) is 10.1 Å². The Labute approximate surface area is 153 Å². The molecule has 1 aromatic carbocycles. The molecule has 3 rings (SSSR count). The van der Waals surface area contributed by atoms with Gasteiger partial charge in [-0.2, -0.15) is 8.78 Å². The van der Waals surface area contributed by atoms with Crippen molar-refractivity contribution in [1.29, 1.82) is 0 Å². The summed E-state index contributed by atoms with van der Waals surface area (Å²) in [6, 6.07) is 3.66. The fourth-order valence-electron chi connectivity index (χ4n) is 3.66. The maximum Gasteiger partial charge on any atom is 0.387 e. The second-order valence-corrected chi connectivity index (χ2v) is 6.63. The molecular weight excluding hydrogens is 364 g/mol. The predicted molar refractivity (Wildman–Crippen MR) is 90.5 cm³/mol. The van der Waals surface area contributed by atoms with Gasteiger partial charge < -0.3 is 10.1 Å². The van der Waals surface area contributed by atoms with Crippen molar-refractivity contribution >= 4 is 23.2 Å². The minimum absolute atomic E-state index is 0.00918. The van der Waals surface area contributed by atoms with Crippen molar-refractivity contribution in [1.82, 2.24) is 4.90 Å². The van der Waals surface area contributed by atoms with Gasteiger partial charge in [-0.15, -0.1) is 0 Å². The normalized spacial score (nSPS) is 23.0. The maximum atomic E-state index is 12.5. The van der Waals surface area contributed by atoms with E-state index in [-0.39, 0.29) is 36.7 Å². The molecule has 1 aliphatic heterocycles. The minimum Gasteiger partial charge on any atom is -0.427 e. The topological polar surface area (TPSA) is 102 Å². The van der Waals surface area contributed by atoms with E-state index in [4.69, 9.17) is 0 Å². The number of carbonyl (C=O) groups excluding carboxylic acids is 2. The van der Waals surface area contributed by atoms with Gasteiger partial charge in [0.15, 0.2) is 0 Å². The van der Waals surface area contributed by atoms with Crippen molar-refractivity contribution in [2.75, 3.05) is 5.32 Å². The lowest BCUT2D eigenvalue weighted by molar-refractivity contribution is -0.386. The number of nitro groups is 1. The van der Waals surface area contributed by atoms with Crippen molar-refractivity contribution in [3.8, 4) is 5.75 Å². The highest BCUT2D eigenvalue weighted by atomic mass is 19.3. The number of ether oxygens (including phenoxy) is 1. The second kappa shape index (κ2) is 7.85. The Morgan fingerprint density at radius 3 is 2.33 bits per heavy atom. The second-order valence-electron chi connectivity index (χ2n) is 6.63. The average molecular weight is 383 g/mol. The molecule has 1 saturated carbocycles. The highest BCUT2D eigenvalue weighted by molar-refractivity contribution is 6.02. The molecule has 2 amide bonds. The van der Waals surface area contributed by atoms with Crippen LogP contribution in [0.4, 0.5) is 20.2 Å². The van der Waals surface area contributed by atoms with Crippen molar-refractivity contribution in [3.63, 3.8) is 0 Å². The number of nitro benzene ring substituents is 1. The molecule has 1 aliphatic carbocycles. The molecule has 1 heterocycles. The van der Waals surface area contributed by atoms with Crippen LogP contribution in [0.1, 0.15) is 38.5 Å². The van der Waals surface area contributed by atoms with E-state index in [2.05, 4.69) is 10.1 Å². The van der Waals surface area contributed by atoms with Crippen LogP contribution in [0.15, 0.2) is 18.2 Å². The van der Waals surface area contributed by atoms with Gasteiger partial charge in [0, 0.05) is 42.7 Å². The fourth-order valence-corrected chi connectivity index (χ4v) is 3.66. The lowest BCUT2D eigenvalue weighted by Crippen LogP contribution is -2.43. The predicted octanol–water partition coefficient (Wildman–Crippen LogP) is 3.07. The molecule has 0 spiro atoms. The molecule has 0 unspecified atom stereocenters. The van der Waals surface area contributed by atoms with E-state index >= 15 is 0 Å². The fraction of sp³-hybridized carbons (Fsp3) is 0.529. The first-order chi connectivity index (χ1) is 12.8. The molecule has 0 aromatic heterocycles. The summed E-state index contributed by atoms with van der Waals surface area (Å²) in [5.41, 5.74) is -0.0939. The number of nitrogens with zero attached hydrogens (tertiary/aromatic N) is 2. The Hall–Kier alpha value is -2.78. The number of alkyl halides is 2. The van der Waals surface area contributed by atoms with E-state index < -0.39 is 23.0 Å². The first kappa shape index (κ1) is 19.0. The third-order valence-electron chi connectivity index (χ3n) is 4.90. The number of halogens is 2. The smallest absolute Gasteiger partial charge is 0.387 e. The van der Waals surface area contributed by atoms with E-state index in [9.17, 15) is 28.5 Å². The highest BCUT2D eigenvalue weighted by Crippen LogP contribution is 2.33. The van der Waals surface area contributed by atoms with Crippen LogP contribution >= 0.6 is 0 Å². The molecule has 1 N–H and O–H groups in total. The van der Waals surface area contributed by atoms with E-state index in [0.29, 0.717) is 31.4 Å². The lowest BCUT2D eigenvalue weighted by atomic mass is 9.90. The number of imide groups is 1. The van der Waals surface area contributed by atoms with Gasteiger partial charge in [0.1, 0.15) is 0 Å². The quantitative estimate of drug-likeness (QED) is 0.460. The van der Waals surface area contributed by atoms with Crippen LogP contribution in [-0.2, 0) is 9.59 Å². The van der Waals surface area contributed by atoms with Crippen LogP contribution in [0.25, 0.3) is 0 Å². The van der Waals surface area contributed by atoms with E-state index in [1.807, 2.05) is 0 Å². The van der Waals surface area contributed by atoms with Crippen molar-refractivity contribution in [2.45, 2.75) is 57.2 Å². The molecule has 8 nitrogen and oxygen atoms in total. The Balaban J connectivity index is 1.62. The number of anilines is 1. The molecule has 1 aromatic rings. The van der Waals surface area contributed by atoms with Gasteiger partial charge in [0.25, 0.3) is 0 Å². The van der Waals surface area contributed by atoms with Crippen molar-refractivity contribution < 1.29 is 28.0 Å². The van der Waals surface area contributed by atoms with Gasteiger partial charge in [0.2, 0.25) is 17.6 Å². The average Bonchev–Trinajstić information content (AvgIpc) is 2.94. The minimum atomic E-state index is -3.16. The molecule has 2 aliphatic rings. The van der Waals surface area contributed by atoms with Gasteiger partial charge in [-0.1, -0.05) is 0 Å². The van der Waals surface area contributed by atoms with Crippen LogP contribution in [0.2, 0.25) is 0 Å². The number of hydrogen-bond acceptors (Lipinski definition) is 6. The first-order valence-corrected chi connectivity index (χ1v) is 8.70.